The molecule has 0 spiro atoms. The highest BCUT2D eigenvalue weighted by atomic mass is 19.1. The summed E-state index contributed by atoms with van der Waals surface area (Å²) in [6.07, 6.45) is 0. The Bertz CT molecular complexity index is 538. The van der Waals surface area contributed by atoms with E-state index in [4.69, 9.17) is 4.74 Å². The van der Waals surface area contributed by atoms with Crippen molar-refractivity contribution in [1.29, 1.82) is 0 Å². The summed E-state index contributed by atoms with van der Waals surface area (Å²) in [5.41, 5.74) is 2.46. The predicted octanol–water partition coefficient (Wildman–Crippen LogP) is 4.70. The second-order valence-electron chi connectivity index (χ2n) is 5.67. The number of halogens is 1. The maximum atomic E-state index is 13.4. The monoisotopic (exact) mass is 258 g/mol. The summed E-state index contributed by atoms with van der Waals surface area (Å²) in [6, 6.07) is 14.7. The summed E-state index contributed by atoms with van der Waals surface area (Å²) in [7, 11) is 0. The highest BCUT2D eigenvalue weighted by Crippen LogP contribution is 2.23. The van der Waals surface area contributed by atoms with E-state index >= 15 is 0 Å². The van der Waals surface area contributed by atoms with Crippen molar-refractivity contribution >= 4 is 0 Å². The molecule has 0 aliphatic rings. The van der Waals surface area contributed by atoms with E-state index in [0.717, 1.165) is 5.56 Å². The molecule has 0 aliphatic heterocycles. The molecule has 0 N–H and O–H groups in total. The maximum absolute atomic E-state index is 13.4. The molecule has 0 unspecified atom stereocenters. The van der Waals surface area contributed by atoms with Gasteiger partial charge in [-0.05, 0) is 28.7 Å². The van der Waals surface area contributed by atoms with E-state index in [1.165, 1.54) is 11.6 Å². The molecular formula is C17H19FO. The van der Waals surface area contributed by atoms with Gasteiger partial charge < -0.3 is 4.74 Å². The lowest BCUT2D eigenvalue weighted by Crippen LogP contribution is -2.10. The van der Waals surface area contributed by atoms with Crippen LogP contribution >= 0.6 is 0 Å². The summed E-state index contributed by atoms with van der Waals surface area (Å²) in [4.78, 5) is 0. The van der Waals surface area contributed by atoms with Gasteiger partial charge >= 0.3 is 0 Å². The Hall–Kier alpha value is -1.83. The van der Waals surface area contributed by atoms with E-state index in [-0.39, 0.29) is 11.2 Å². The van der Waals surface area contributed by atoms with Crippen LogP contribution < -0.4 is 4.74 Å². The Morgan fingerprint density at radius 3 is 2.16 bits per heavy atom. The standard InChI is InChI=1S/C17H19FO/c1-17(2,3)14-10-8-13(9-11-14)12-19-16-7-5-4-6-15(16)18/h4-11H,12H2,1-3H3. The Morgan fingerprint density at radius 2 is 1.58 bits per heavy atom. The number of hydrogen-bond donors (Lipinski definition) is 0. The molecule has 2 aromatic rings. The van der Waals surface area contributed by atoms with Crippen molar-refractivity contribution in [3.63, 3.8) is 0 Å². The maximum Gasteiger partial charge on any atom is 0.165 e. The average molecular weight is 258 g/mol. The van der Waals surface area contributed by atoms with Crippen molar-refractivity contribution in [1.82, 2.24) is 0 Å². The molecule has 2 aromatic carbocycles. The molecule has 0 radical (unpaired) electrons. The summed E-state index contributed by atoms with van der Waals surface area (Å²) < 4.78 is 18.9. The number of para-hydroxylation sites is 1. The van der Waals surface area contributed by atoms with Crippen LogP contribution in [0.2, 0.25) is 0 Å². The Kier molecular flexibility index (Phi) is 3.89. The topological polar surface area (TPSA) is 9.23 Å². The summed E-state index contributed by atoms with van der Waals surface area (Å²) in [5.74, 6) is -0.0313. The van der Waals surface area contributed by atoms with Gasteiger partial charge in [-0.15, -0.1) is 0 Å². The van der Waals surface area contributed by atoms with Crippen molar-refractivity contribution in [3.8, 4) is 5.75 Å². The molecule has 0 aliphatic carbocycles. The number of ether oxygens (including phenoxy) is 1. The molecule has 0 fully saturated rings. The molecule has 0 amide bonds. The van der Waals surface area contributed by atoms with Crippen molar-refractivity contribution < 1.29 is 9.13 Å². The van der Waals surface area contributed by atoms with Crippen LogP contribution in [-0.2, 0) is 12.0 Å². The first-order chi connectivity index (χ1) is 8.97. The lowest BCUT2D eigenvalue weighted by atomic mass is 9.87. The van der Waals surface area contributed by atoms with Crippen molar-refractivity contribution in [2.75, 3.05) is 0 Å². The first-order valence-electron chi connectivity index (χ1n) is 6.43. The van der Waals surface area contributed by atoms with Crippen molar-refractivity contribution in [2.24, 2.45) is 0 Å². The molecular weight excluding hydrogens is 239 g/mol. The molecule has 1 nitrogen and oxygen atoms in total. The second-order valence-corrected chi connectivity index (χ2v) is 5.67. The van der Waals surface area contributed by atoms with Gasteiger partial charge in [0, 0.05) is 0 Å². The number of rotatable bonds is 3. The zero-order valence-electron chi connectivity index (χ0n) is 11.6. The summed E-state index contributed by atoms with van der Waals surface area (Å²) in [6.45, 7) is 6.92. The molecule has 0 saturated carbocycles. The van der Waals surface area contributed by atoms with Crippen LogP contribution in [0.4, 0.5) is 4.39 Å². The van der Waals surface area contributed by atoms with Crippen LogP contribution in [0, 0.1) is 5.82 Å². The van der Waals surface area contributed by atoms with E-state index in [1.807, 2.05) is 12.1 Å². The Balaban J connectivity index is 2.03. The third kappa shape index (κ3) is 3.57. The fourth-order valence-electron chi connectivity index (χ4n) is 1.82. The molecule has 0 heterocycles. The van der Waals surface area contributed by atoms with Crippen LogP contribution in [0.3, 0.4) is 0 Å². The average Bonchev–Trinajstić information content (AvgIpc) is 2.37. The van der Waals surface area contributed by atoms with E-state index in [2.05, 4.69) is 32.9 Å². The minimum atomic E-state index is -0.325. The SMILES string of the molecule is CC(C)(C)c1ccc(COc2ccccc2F)cc1. The lowest BCUT2D eigenvalue weighted by molar-refractivity contribution is 0.290. The molecule has 0 bridgehead atoms. The fraction of sp³-hybridized carbons (Fsp3) is 0.294. The molecule has 0 aromatic heterocycles. The van der Waals surface area contributed by atoms with Crippen LogP contribution in [0.1, 0.15) is 31.9 Å². The minimum absolute atomic E-state index is 0.144. The lowest BCUT2D eigenvalue weighted by Gasteiger charge is -2.19. The molecule has 100 valence electrons. The molecule has 19 heavy (non-hydrogen) atoms. The molecule has 2 heteroatoms. The highest BCUT2D eigenvalue weighted by Gasteiger charge is 2.12. The van der Waals surface area contributed by atoms with Gasteiger partial charge in [-0.1, -0.05) is 57.2 Å². The molecule has 0 saturated heterocycles. The van der Waals surface area contributed by atoms with Crippen LogP contribution in [-0.4, -0.2) is 0 Å². The smallest absolute Gasteiger partial charge is 0.165 e. The van der Waals surface area contributed by atoms with Crippen molar-refractivity contribution in [2.45, 2.75) is 32.8 Å². The van der Waals surface area contributed by atoms with Gasteiger partial charge in [0.15, 0.2) is 11.6 Å². The molecule has 0 atom stereocenters. The van der Waals surface area contributed by atoms with Gasteiger partial charge in [0.05, 0.1) is 0 Å². The Labute approximate surface area is 114 Å². The van der Waals surface area contributed by atoms with E-state index in [1.54, 1.807) is 18.2 Å². The first-order valence-corrected chi connectivity index (χ1v) is 6.43. The van der Waals surface area contributed by atoms with Gasteiger partial charge in [-0.2, -0.15) is 0 Å². The van der Waals surface area contributed by atoms with Crippen LogP contribution in [0.25, 0.3) is 0 Å². The fourth-order valence-corrected chi connectivity index (χ4v) is 1.82. The van der Waals surface area contributed by atoms with Gasteiger partial charge in [0.25, 0.3) is 0 Å². The first kappa shape index (κ1) is 13.6. The van der Waals surface area contributed by atoms with E-state index in [0.29, 0.717) is 12.4 Å². The minimum Gasteiger partial charge on any atom is -0.486 e. The largest absolute Gasteiger partial charge is 0.486 e. The number of benzene rings is 2. The van der Waals surface area contributed by atoms with Crippen molar-refractivity contribution in [3.05, 3.63) is 65.5 Å². The van der Waals surface area contributed by atoms with Gasteiger partial charge in [0.2, 0.25) is 0 Å². The van der Waals surface area contributed by atoms with Crippen LogP contribution in [0.5, 0.6) is 5.75 Å². The van der Waals surface area contributed by atoms with Gasteiger partial charge in [0.1, 0.15) is 6.61 Å². The predicted molar refractivity (Wildman–Crippen MR) is 75.9 cm³/mol. The summed E-state index contributed by atoms with van der Waals surface area (Å²) >= 11 is 0. The Morgan fingerprint density at radius 1 is 0.947 bits per heavy atom. The number of hydrogen-bond acceptors (Lipinski definition) is 1. The van der Waals surface area contributed by atoms with Crippen LogP contribution in [0.15, 0.2) is 48.5 Å². The second kappa shape index (κ2) is 5.43. The third-order valence-electron chi connectivity index (χ3n) is 3.05. The normalized spacial score (nSPS) is 11.4. The highest BCUT2D eigenvalue weighted by molar-refractivity contribution is 5.28. The van der Waals surface area contributed by atoms with Gasteiger partial charge in [-0.25, -0.2) is 4.39 Å². The zero-order valence-corrected chi connectivity index (χ0v) is 11.6. The van der Waals surface area contributed by atoms with E-state index < -0.39 is 0 Å². The zero-order chi connectivity index (χ0) is 13.9. The van der Waals surface area contributed by atoms with E-state index in [9.17, 15) is 4.39 Å². The van der Waals surface area contributed by atoms with Gasteiger partial charge in [-0.3, -0.25) is 0 Å². The quantitative estimate of drug-likeness (QED) is 0.775. The third-order valence-corrected chi connectivity index (χ3v) is 3.05. The molecule has 2 rings (SSSR count). The summed E-state index contributed by atoms with van der Waals surface area (Å²) in [5, 5.41) is 0.